The first-order valence-corrected chi connectivity index (χ1v) is 7.79. The van der Waals surface area contributed by atoms with Gasteiger partial charge >= 0.3 is 0 Å². The van der Waals surface area contributed by atoms with E-state index in [0.29, 0.717) is 0 Å². The number of hydrogen-bond donors (Lipinski definition) is 2. The number of rotatable bonds is 5. The molecule has 0 spiro atoms. The van der Waals surface area contributed by atoms with Crippen LogP contribution in [0.4, 0.5) is 0 Å². The van der Waals surface area contributed by atoms with Crippen LogP contribution in [-0.2, 0) is 9.47 Å². The lowest BCUT2D eigenvalue weighted by Crippen LogP contribution is -2.56. The Balaban J connectivity index is 1.97. The van der Waals surface area contributed by atoms with Gasteiger partial charge < -0.3 is 9.47 Å². The largest absolute Gasteiger partial charge is 0.381 e. The average Bonchev–Trinajstić information content (AvgIpc) is 2.47. The fourth-order valence-corrected chi connectivity index (χ4v) is 3.70. The molecule has 0 aromatic heterocycles. The minimum absolute atomic E-state index is 0.0560. The zero-order valence-corrected chi connectivity index (χ0v) is 12.5. The molecule has 1 saturated carbocycles. The van der Waals surface area contributed by atoms with Crippen LogP contribution in [-0.4, -0.2) is 32.0 Å². The van der Waals surface area contributed by atoms with Gasteiger partial charge in [0.05, 0.1) is 11.6 Å². The smallest absolute Gasteiger partial charge is 0.0844 e. The highest BCUT2D eigenvalue weighted by Gasteiger charge is 2.42. The molecule has 1 atom stereocenters. The predicted octanol–water partition coefficient (Wildman–Crippen LogP) is 2.23. The molecular formula is C15H30N2O2. The lowest BCUT2D eigenvalue weighted by Gasteiger charge is -2.45. The van der Waals surface area contributed by atoms with Crippen LogP contribution in [0.25, 0.3) is 0 Å². The van der Waals surface area contributed by atoms with Crippen molar-refractivity contribution in [1.29, 1.82) is 0 Å². The van der Waals surface area contributed by atoms with Gasteiger partial charge in [-0.25, -0.2) is 0 Å². The van der Waals surface area contributed by atoms with Crippen molar-refractivity contribution in [3.05, 3.63) is 0 Å². The average molecular weight is 270 g/mol. The SMILES string of the molecule is COC1(C(CC2CCOCC2)NN)CCC(C)CC1. The maximum atomic E-state index is 5.95. The zero-order valence-electron chi connectivity index (χ0n) is 12.5. The van der Waals surface area contributed by atoms with Gasteiger partial charge in [-0.2, -0.15) is 0 Å². The quantitative estimate of drug-likeness (QED) is 0.594. The van der Waals surface area contributed by atoms with E-state index in [0.717, 1.165) is 57.2 Å². The molecule has 0 aromatic rings. The molecule has 2 aliphatic rings. The first-order valence-electron chi connectivity index (χ1n) is 7.79. The molecule has 112 valence electrons. The molecule has 4 heteroatoms. The Morgan fingerprint density at radius 1 is 1.26 bits per heavy atom. The normalized spacial score (nSPS) is 35.2. The predicted molar refractivity (Wildman–Crippen MR) is 76.6 cm³/mol. The van der Waals surface area contributed by atoms with Crippen LogP contribution >= 0.6 is 0 Å². The van der Waals surface area contributed by atoms with Gasteiger partial charge in [-0.05, 0) is 56.8 Å². The lowest BCUT2D eigenvalue weighted by atomic mass is 9.72. The Labute approximate surface area is 117 Å². The van der Waals surface area contributed by atoms with Crippen LogP contribution in [0, 0.1) is 11.8 Å². The summed E-state index contributed by atoms with van der Waals surface area (Å²) >= 11 is 0. The Kier molecular flexibility index (Phi) is 5.63. The second-order valence-corrected chi connectivity index (χ2v) is 6.46. The third kappa shape index (κ3) is 3.69. The Hall–Kier alpha value is -0.160. The van der Waals surface area contributed by atoms with E-state index < -0.39 is 0 Å². The molecule has 1 heterocycles. The summed E-state index contributed by atoms with van der Waals surface area (Å²) in [5, 5.41) is 0. The molecule has 0 bridgehead atoms. The van der Waals surface area contributed by atoms with E-state index in [-0.39, 0.29) is 11.6 Å². The molecule has 19 heavy (non-hydrogen) atoms. The molecule has 1 unspecified atom stereocenters. The van der Waals surface area contributed by atoms with Crippen molar-refractivity contribution in [1.82, 2.24) is 5.43 Å². The van der Waals surface area contributed by atoms with Crippen LogP contribution in [0.1, 0.15) is 51.9 Å². The monoisotopic (exact) mass is 270 g/mol. The van der Waals surface area contributed by atoms with E-state index in [1.807, 2.05) is 7.11 Å². The van der Waals surface area contributed by atoms with Crippen LogP contribution < -0.4 is 11.3 Å². The number of nitrogens with two attached hydrogens (primary N) is 1. The topological polar surface area (TPSA) is 56.5 Å². The maximum Gasteiger partial charge on any atom is 0.0844 e. The Morgan fingerprint density at radius 3 is 2.42 bits per heavy atom. The number of hydrogen-bond acceptors (Lipinski definition) is 4. The highest BCUT2D eigenvalue weighted by Crippen LogP contribution is 2.39. The number of methoxy groups -OCH3 is 1. The molecule has 0 radical (unpaired) electrons. The number of nitrogens with one attached hydrogen (secondary N) is 1. The lowest BCUT2D eigenvalue weighted by molar-refractivity contribution is -0.0826. The van der Waals surface area contributed by atoms with Crippen molar-refractivity contribution in [2.45, 2.75) is 63.5 Å². The third-order valence-electron chi connectivity index (χ3n) is 5.27. The molecule has 3 N–H and O–H groups in total. The molecule has 2 fully saturated rings. The fraction of sp³-hybridized carbons (Fsp3) is 1.00. The second kappa shape index (κ2) is 7.02. The summed E-state index contributed by atoms with van der Waals surface area (Å²) in [6, 6.07) is 0.271. The van der Waals surface area contributed by atoms with Crippen LogP contribution in [0.5, 0.6) is 0 Å². The van der Waals surface area contributed by atoms with E-state index in [2.05, 4.69) is 12.3 Å². The molecular weight excluding hydrogens is 240 g/mol. The van der Waals surface area contributed by atoms with Crippen molar-refractivity contribution in [3.63, 3.8) is 0 Å². The highest BCUT2D eigenvalue weighted by molar-refractivity contribution is 4.96. The van der Waals surface area contributed by atoms with Crippen LogP contribution in [0.15, 0.2) is 0 Å². The molecule has 1 saturated heterocycles. The molecule has 1 aliphatic carbocycles. The van der Waals surface area contributed by atoms with Crippen molar-refractivity contribution in [2.75, 3.05) is 20.3 Å². The van der Waals surface area contributed by atoms with Crippen LogP contribution in [0.2, 0.25) is 0 Å². The van der Waals surface area contributed by atoms with Crippen molar-refractivity contribution < 1.29 is 9.47 Å². The molecule has 1 aliphatic heterocycles. The van der Waals surface area contributed by atoms with E-state index in [1.54, 1.807) is 0 Å². The van der Waals surface area contributed by atoms with Gasteiger partial charge in [-0.3, -0.25) is 11.3 Å². The number of hydrazine groups is 1. The minimum atomic E-state index is -0.0560. The summed E-state index contributed by atoms with van der Waals surface area (Å²) < 4.78 is 11.4. The molecule has 0 aromatic carbocycles. The Bertz CT molecular complexity index is 259. The minimum Gasteiger partial charge on any atom is -0.381 e. The third-order valence-corrected chi connectivity index (χ3v) is 5.27. The Morgan fingerprint density at radius 2 is 1.89 bits per heavy atom. The van der Waals surface area contributed by atoms with E-state index in [1.165, 1.54) is 12.8 Å². The summed E-state index contributed by atoms with van der Waals surface area (Å²) in [6.45, 7) is 4.14. The maximum absolute atomic E-state index is 5.95. The van der Waals surface area contributed by atoms with Crippen LogP contribution in [0.3, 0.4) is 0 Å². The van der Waals surface area contributed by atoms with Gasteiger partial charge in [0.25, 0.3) is 0 Å². The summed E-state index contributed by atoms with van der Waals surface area (Å²) in [5.74, 6) is 7.40. The molecule has 0 amide bonds. The van der Waals surface area contributed by atoms with Gasteiger partial charge in [-0.15, -0.1) is 0 Å². The van der Waals surface area contributed by atoms with E-state index >= 15 is 0 Å². The van der Waals surface area contributed by atoms with Crippen molar-refractivity contribution in [2.24, 2.45) is 17.7 Å². The fourth-order valence-electron chi connectivity index (χ4n) is 3.70. The van der Waals surface area contributed by atoms with E-state index in [4.69, 9.17) is 15.3 Å². The summed E-state index contributed by atoms with van der Waals surface area (Å²) in [4.78, 5) is 0. The number of ether oxygens (including phenoxy) is 2. The van der Waals surface area contributed by atoms with Gasteiger partial charge in [0, 0.05) is 20.3 Å². The van der Waals surface area contributed by atoms with Gasteiger partial charge in [0.1, 0.15) is 0 Å². The molecule has 4 nitrogen and oxygen atoms in total. The summed E-state index contributed by atoms with van der Waals surface area (Å²) in [6.07, 6.45) is 8.19. The van der Waals surface area contributed by atoms with E-state index in [9.17, 15) is 0 Å². The first-order chi connectivity index (χ1) is 9.20. The highest BCUT2D eigenvalue weighted by atomic mass is 16.5. The summed E-state index contributed by atoms with van der Waals surface area (Å²) in [5.41, 5.74) is 3.00. The first kappa shape index (κ1) is 15.2. The van der Waals surface area contributed by atoms with Crippen molar-refractivity contribution in [3.8, 4) is 0 Å². The van der Waals surface area contributed by atoms with Gasteiger partial charge in [-0.1, -0.05) is 6.92 Å². The zero-order chi connectivity index (χ0) is 13.7. The van der Waals surface area contributed by atoms with Crippen molar-refractivity contribution >= 4 is 0 Å². The standard InChI is InChI=1S/C15H30N2O2/c1-12-3-7-15(18-2,8-4-12)14(17-16)11-13-5-9-19-10-6-13/h12-14,17H,3-11,16H2,1-2H3. The van der Waals surface area contributed by atoms with Gasteiger partial charge in [0.15, 0.2) is 0 Å². The summed E-state index contributed by atoms with van der Waals surface area (Å²) in [7, 11) is 1.85. The van der Waals surface area contributed by atoms with Gasteiger partial charge in [0.2, 0.25) is 0 Å². The second-order valence-electron chi connectivity index (χ2n) is 6.46. The molecule has 2 rings (SSSR count).